The number of hydrogen-bond acceptors (Lipinski definition) is 8. The summed E-state index contributed by atoms with van der Waals surface area (Å²) in [7, 11) is 1.83. The molecule has 0 atom stereocenters. The summed E-state index contributed by atoms with van der Waals surface area (Å²) in [4.78, 5) is 12.6. The topological polar surface area (TPSA) is 76.3 Å². The largest absolute Gasteiger partial charge is 0.465 e. The van der Waals surface area contributed by atoms with E-state index in [2.05, 4.69) is 5.16 Å². The first-order valence-electron chi connectivity index (χ1n) is 7.34. The number of oxime groups is 1. The van der Waals surface area contributed by atoms with Crippen molar-refractivity contribution in [3.63, 3.8) is 0 Å². The molecule has 0 unspecified atom stereocenters. The van der Waals surface area contributed by atoms with Gasteiger partial charge < -0.3 is 9.94 Å². The predicted octanol–water partition coefficient (Wildman–Crippen LogP) is 4.04. The summed E-state index contributed by atoms with van der Waals surface area (Å²) in [5, 5.41) is 13.0. The Labute approximate surface area is 168 Å². The molecule has 25 heavy (non-hydrogen) atoms. The molecule has 0 saturated carbocycles. The molecule has 0 spiro atoms. The maximum atomic E-state index is 11.7. The van der Waals surface area contributed by atoms with Gasteiger partial charge in [0.2, 0.25) is 0 Å². The first-order chi connectivity index (χ1) is 12.0. The Morgan fingerprint density at radius 1 is 1.48 bits per heavy atom. The van der Waals surface area contributed by atoms with Gasteiger partial charge in [0, 0.05) is 10.3 Å². The maximum Gasteiger partial charge on any atom is 0.321 e. The Balaban J connectivity index is 2.42. The molecule has 0 saturated heterocycles. The molecule has 7 nitrogen and oxygen atoms in total. The van der Waals surface area contributed by atoms with Gasteiger partial charge in [0.15, 0.2) is 0 Å². The average Bonchev–Trinajstić information content (AvgIpc) is 2.85. The summed E-state index contributed by atoms with van der Waals surface area (Å²) in [6.45, 7) is 4.33. The predicted molar refractivity (Wildman–Crippen MR) is 109 cm³/mol. The van der Waals surface area contributed by atoms with Gasteiger partial charge in [-0.05, 0) is 56.6 Å². The van der Waals surface area contributed by atoms with Gasteiger partial charge in [0.25, 0.3) is 0 Å². The van der Waals surface area contributed by atoms with Crippen molar-refractivity contribution in [2.75, 3.05) is 20.2 Å². The number of fused-ring (bicyclic) bond motifs is 1. The highest BCUT2D eigenvalue weighted by Gasteiger charge is 2.17. The van der Waals surface area contributed by atoms with Crippen LogP contribution in [0.2, 0.25) is 0 Å². The fourth-order valence-electron chi connectivity index (χ4n) is 2.36. The van der Waals surface area contributed by atoms with Crippen molar-refractivity contribution in [1.29, 1.82) is 0 Å². The normalized spacial score (nSPS) is 11.7. The third-order valence-electron chi connectivity index (χ3n) is 3.19. The Morgan fingerprint density at radius 3 is 2.88 bits per heavy atom. The van der Waals surface area contributed by atoms with E-state index in [9.17, 15) is 4.79 Å². The minimum atomic E-state index is -0.269. The molecule has 0 radical (unpaired) electrons. The number of nitrogens with zero attached hydrogens (tertiary/aromatic N) is 3. The maximum absolute atomic E-state index is 11.7. The number of hydrogen-bond donors (Lipinski definition) is 1. The average molecular weight is 495 g/mol. The summed E-state index contributed by atoms with van der Waals surface area (Å²) in [5.41, 5.74) is 2.70. The number of aromatic nitrogens is 1. The Kier molecular flexibility index (Phi) is 7.87. The van der Waals surface area contributed by atoms with Crippen molar-refractivity contribution in [3.05, 3.63) is 29.5 Å². The van der Waals surface area contributed by atoms with E-state index in [-0.39, 0.29) is 12.5 Å². The van der Waals surface area contributed by atoms with E-state index >= 15 is 0 Å². The molecule has 0 aliphatic heterocycles. The third kappa shape index (κ3) is 5.26. The highest BCUT2D eigenvalue weighted by atomic mass is 127. The highest BCUT2D eigenvalue weighted by Crippen LogP contribution is 2.36. The van der Waals surface area contributed by atoms with Crippen LogP contribution in [-0.2, 0) is 12.0 Å². The number of carbonyl (C=O) groups is 1. The van der Waals surface area contributed by atoms with Crippen molar-refractivity contribution in [2.24, 2.45) is 5.16 Å². The second-order valence-electron chi connectivity index (χ2n) is 5.13. The summed E-state index contributed by atoms with van der Waals surface area (Å²) >= 11 is 4.36. The van der Waals surface area contributed by atoms with Crippen molar-refractivity contribution in [3.8, 4) is 0 Å². The summed E-state index contributed by atoms with van der Waals surface area (Å²) in [6, 6.07) is 6.00. The molecule has 0 fully saturated rings. The van der Waals surface area contributed by atoms with E-state index < -0.39 is 0 Å². The molecular formula is C15H18IN3O4S2. The number of aryl methyl sites for hydroxylation is 1. The van der Waals surface area contributed by atoms with Gasteiger partial charge in [0.05, 0.1) is 24.0 Å². The van der Waals surface area contributed by atoms with E-state index in [1.165, 1.54) is 18.2 Å². The van der Waals surface area contributed by atoms with Gasteiger partial charge in [-0.3, -0.25) is 8.77 Å². The van der Waals surface area contributed by atoms with Crippen LogP contribution in [0.3, 0.4) is 0 Å². The first kappa shape index (κ1) is 20.4. The van der Waals surface area contributed by atoms with Gasteiger partial charge >= 0.3 is 5.97 Å². The molecule has 0 amide bonds. The number of likely N-dealkylation sites (N-methyl/N-ethyl adjacent to an activating group) is 1. The molecule has 136 valence electrons. The fourth-order valence-corrected chi connectivity index (χ4v) is 4.46. The van der Waals surface area contributed by atoms with Gasteiger partial charge in [-0.2, -0.15) is 0 Å². The molecule has 1 aromatic carbocycles. The summed E-state index contributed by atoms with van der Waals surface area (Å²) in [5.74, 6) is -0.269. The fraction of sp³-hybridized carbons (Fsp3) is 0.333. The summed E-state index contributed by atoms with van der Waals surface area (Å²) < 4.78 is 13.8. The smallest absolute Gasteiger partial charge is 0.321 e. The van der Waals surface area contributed by atoms with Crippen LogP contribution < -0.4 is 0 Å². The van der Waals surface area contributed by atoms with Crippen LogP contribution in [0.5, 0.6) is 0 Å². The molecule has 0 aliphatic rings. The molecule has 0 bridgehead atoms. The standard InChI is InChI=1S/C15H18IN3O4S2/c1-4-22-14(20)9-18(3)24-13-6-10(2)5-11-7-12(8-17-21)19(15(11)13)25-23-16/h5-8,21H,4,9H2,1-3H3/b17-8-. The molecule has 1 aromatic heterocycles. The molecule has 1 N–H and O–H groups in total. The lowest BCUT2D eigenvalue weighted by Gasteiger charge is -2.16. The number of benzene rings is 1. The highest BCUT2D eigenvalue weighted by molar-refractivity contribution is 14.1. The lowest BCUT2D eigenvalue weighted by molar-refractivity contribution is -0.142. The minimum Gasteiger partial charge on any atom is -0.465 e. The minimum absolute atomic E-state index is 0.176. The Bertz CT molecular complexity index is 782. The number of ether oxygens (including phenoxy) is 1. The third-order valence-corrected chi connectivity index (χ3v) is 5.22. The molecule has 10 heteroatoms. The molecule has 1 heterocycles. The van der Waals surface area contributed by atoms with Crippen molar-refractivity contribution in [2.45, 2.75) is 18.7 Å². The van der Waals surface area contributed by atoms with Crippen LogP contribution in [0.25, 0.3) is 10.9 Å². The van der Waals surface area contributed by atoms with Crippen molar-refractivity contribution in [1.82, 2.24) is 8.28 Å². The van der Waals surface area contributed by atoms with Gasteiger partial charge in [-0.25, -0.2) is 6.82 Å². The second-order valence-corrected chi connectivity index (χ2v) is 8.09. The number of carbonyl (C=O) groups excluding carboxylic acids is 1. The molecule has 2 aromatic rings. The second kappa shape index (κ2) is 9.67. The SMILES string of the molecule is CCOC(=O)CN(C)Sc1cc(C)cc2cc(/C=N\O)n(SOI)c12. The quantitative estimate of drug-likeness (QED) is 0.113. The lowest BCUT2D eigenvalue weighted by Crippen LogP contribution is -2.21. The van der Waals surface area contributed by atoms with E-state index in [1.54, 1.807) is 29.9 Å². The zero-order chi connectivity index (χ0) is 18.4. The van der Waals surface area contributed by atoms with E-state index in [0.717, 1.165) is 33.6 Å². The lowest BCUT2D eigenvalue weighted by atomic mass is 10.2. The number of halogens is 1. The monoisotopic (exact) mass is 495 g/mol. The van der Waals surface area contributed by atoms with Gasteiger partial charge in [-0.1, -0.05) is 5.16 Å². The number of esters is 1. The van der Waals surface area contributed by atoms with Crippen LogP contribution in [-0.4, -0.2) is 45.9 Å². The zero-order valence-electron chi connectivity index (χ0n) is 13.9. The van der Waals surface area contributed by atoms with E-state index in [4.69, 9.17) is 12.5 Å². The summed E-state index contributed by atoms with van der Waals surface area (Å²) in [6.07, 6.45) is 1.36. The van der Waals surface area contributed by atoms with Crippen LogP contribution in [0, 0.1) is 6.92 Å². The molecule has 0 aliphatic carbocycles. The van der Waals surface area contributed by atoms with E-state index in [0.29, 0.717) is 12.3 Å². The molecule has 2 rings (SSSR count). The zero-order valence-corrected chi connectivity index (χ0v) is 17.7. The van der Waals surface area contributed by atoms with Crippen LogP contribution >= 0.6 is 47.2 Å². The van der Waals surface area contributed by atoms with E-state index in [1.807, 2.05) is 40.4 Å². The van der Waals surface area contributed by atoms with Gasteiger partial charge in [-0.15, -0.1) is 0 Å². The van der Waals surface area contributed by atoms with Crippen LogP contribution in [0.15, 0.2) is 28.3 Å². The van der Waals surface area contributed by atoms with Crippen molar-refractivity contribution >= 4 is 70.3 Å². The Morgan fingerprint density at radius 2 is 2.24 bits per heavy atom. The molecular weight excluding hydrogens is 477 g/mol. The number of rotatable bonds is 8. The Hall–Kier alpha value is -0.950. The van der Waals surface area contributed by atoms with Gasteiger partial charge in [0.1, 0.15) is 41.8 Å². The first-order valence-corrected chi connectivity index (χ1v) is 9.69. The van der Waals surface area contributed by atoms with Crippen molar-refractivity contribution < 1.29 is 17.3 Å². The van der Waals surface area contributed by atoms with Crippen LogP contribution in [0.4, 0.5) is 0 Å². The van der Waals surface area contributed by atoms with Crippen LogP contribution in [0.1, 0.15) is 18.2 Å².